The summed E-state index contributed by atoms with van der Waals surface area (Å²) in [6, 6.07) is 14.0. The predicted octanol–water partition coefficient (Wildman–Crippen LogP) is 3.38. The largest absolute Gasteiger partial charge is 0.497 e. The highest BCUT2D eigenvalue weighted by Crippen LogP contribution is 2.28. The smallest absolute Gasteiger partial charge is 0.222 e. The monoisotopic (exact) mass is 398 g/mol. The molecule has 0 aromatic heterocycles. The molecule has 6 nitrogen and oxygen atoms in total. The van der Waals surface area contributed by atoms with Crippen molar-refractivity contribution in [3.05, 3.63) is 48.0 Å². The Bertz CT molecular complexity index is 799. The Hall–Kier alpha value is -2.89. The number of hydrogen-bond donors (Lipinski definition) is 0. The second kappa shape index (κ2) is 10.0. The van der Waals surface area contributed by atoms with Gasteiger partial charge < -0.3 is 24.0 Å². The number of ether oxygens (including phenoxy) is 3. The first-order chi connectivity index (χ1) is 14.1. The van der Waals surface area contributed by atoms with Gasteiger partial charge in [0, 0.05) is 38.3 Å². The molecule has 0 unspecified atom stereocenters. The molecule has 1 fully saturated rings. The lowest BCUT2D eigenvalue weighted by Gasteiger charge is -2.36. The van der Waals surface area contributed by atoms with Crippen LogP contribution in [0.1, 0.15) is 18.4 Å². The normalized spacial score (nSPS) is 13.9. The molecule has 1 amide bonds. The van der Waals surface area contributed by atoms with Gasteiger partial charge in [-0.25, -0.2) is 0 Å². The van der Waals surface area contributed by atoms with Gasteiger partial charge in [-0.05, 0) is 54.8 Å². The van der Waals surface area contributed by atoms with Gasteiger partial charge in [0.15, 0.2) is 11.5 Å². The van der Waals surface area contributed by atoms with Gasteiger partial charge in [-0.2, -0.15) is 0 Å². The molecule has 0 bridgehead atoms. The highest BCUT2D eigenvalue weighted by atomic mass is 16.5. The molecular formula is C23H30N2O4. The Kier molecular flexibility index (Phi) is 7.22. The van der Waals surface area contributed by atoms with Gasteiger partial charge in [0.05, 0.1) is 21.3 Å². The molecule has 2 aromatic carbocycles. The topological polar surface area (TPSA) is 51.2 Å². The van der Waals surface area contributed by atoms with Crippen LogP contribution < -0.4 is 19.1 Å². The van der Waals surface area contributed by atoms with Crippen molar-refractivity contribution < 1.29 is 19.0 Å². The summed E-state index contributed by atoms with van der Waals surface area (Å²) in [7, 11) is 4.94. The van der Waals surface area contributed by atoms with Gasteiger partial charge in [0.1, 0.15) is 5.75 Å². The predicted molar refractivity (Wildman–Crippen MR) is 114 cm³/mol. The van der Waals surface area contributed by atoms with Gasteiger partial charge in [-0.1, -0.05) is 6.07 Å². The van der Waals surface area contributed by atoms with Crippen LogP contribution in [0.4, 0.5) is 5.69 Å². The number of methoxy groups -OCH3 is 3. The fourth-order valence-corrected chi connectivity index (χ4v) is 3.65. The molecule has 1 aliphatic heterocycles. The van der Waals surface area contributed by atoms with Gasteiger partial charge in [0.25, 0.3) is 0 Å². The molecule has 0 radical (unpaired) electrons. The van der Waals surface area contributed by atoms with E-state index in [-0.39, 0.29) is 5.91 Å². The summed E-state index contributed by atoms with van der Waals surface area (Å²) in [6.07, 6.45) is 2.24. The molecular weight excluding hydrogens is 368 g/mol. The minimum atomic E-state index is 0.236. The first kappa shape index (κ1) is 20.8. The van der Waals surface area contributed by atoms with Crippen LogP contribution >= 0.6 is 0 Å². The van der Waals surface area contributed by atoms with E-state index < -0.39 is 0 Å². The molecule has 0 aliphatic carbocycles. The molecule has 1 aliphatic rings. The third kappa shape index (κ3) is 5.34. The highest BCUT2D eigenvalue weighted by molar-refractivity contribution is 5.76. The maximum Gasteiger partial charge on any atom is 0.222 e. The number of amides is 1. The van der Waals surface area contributed by atoms with Crippen LogP contribution in [-0.2, 0) is 11.2 Å². The summed E-state index contributed by atoms with van der Waals surface area (Å²) in [5.41, 5.74) is 2.33. The third-order valence-corrected chi connectivity index (χ3v) is 5.37. The van der Waals surface area contributed by atoms with E-state index in [2.05, 4.69) is 17.0 Å². The van der Waals surface area contributed by atoms with E-state index >= 15 is 0 Å². The lowest BCUT2D eigenvalue weighted by atomic mass is 10.1. The molecule has 156 valence electrons. The molecule has 1 saturated heterocycles. The molecule has 1 heterocycles. The van der Waals surface area contributed by atoms with Crippen molar-refractivity contribution >= 4 is 11.6 Å². The molecule has 2 aromatic rings. The van der Waals surface area contributed by atoms with Gasteiger partial charge in [-0.15, -0.1) is 0 Å². The minimum absolute atomic E-state index is 0.236. The fraction of sp³-hybridized carbons (Fsp3) is 0.435. The van der Waals surface area contributed by atoms with E-state index in [1.165, 1.54) is 5.69 Å². The van der Waals surface area contributed by atoms with Crippen molar-refractivity contribution in [2.45, 2.75) is 19.3 Å². The Morgan fingerprint density at radius 1 is 0.862 bits per heavy atom. The van der Waals surface area contributed by atoms with Gasteiger partial charge in [-0.3, -0.25) is 4.79 Å². The fourth-order valence-electron chi connectivity index (χ4n) is 3.65. The minimum Gasteiger partial charge on any atom is -0.497 e. The van der Waals surface area contributed by atoms with Gasteiger partial charge >= 0.3 is 0 Å². The third-order valence-electron chi connectivity index (χ3n) is 5.37. The summed E-state index contributed by atoms with van der Waals surface area (Å²) in [5.74, 6) is 2.55. The molecule has 6 heteroatoms. The number of carbonyl (C=O) groups excluding carboxylic acids is 1. The number of aryl methyl sites for hydroxylation is 1. The first-order valence-corrected chi connectivity index (χ1v) is 10.0. The van der Waals surface area contributed by atoms with E-state index in [9.17, 15) is 4.79 Å². The molecule has 0 spiro atoms. The van der Waals surface area contributed by atoms with Crippen molar-refractivity contribution in [1.82, 2.24) is 4.90 Å². The van der Waals surface area contributed by atoms with Crippen molar-refractivity contribution in [2.75, 3.05) is 52.4 Å². The lowest BCUT2D eigenvalue weighted by molar-refractivity contribution is -0.131. The average Bonchev–Trinajstić information content (AvgIpc) is 2.79. The summed E-state index contributed by atoms with van der Waals surface area (Å²) >= 11 is 0. The van der Waals surface area contributed by atoms with Gasteiger partial charge in [0.2, 0.25) is 5.91 Å². The second-order valence-electron chi connectivity index (χ2n) is 7.11. The zero-order chi connectivity index (χ0) is 20.6. The van der Waals surface area contributed by atoms with Crippen LogP contribution in [0, 0.1) is 0 Å². The Labute approximate surface area is 173 Å². The number of anilines is 1. The SMILES string of the molecule is COc1ccc(N2CCN(C(=O)CCCc3ccc(OC)c(OC)c3)CC2)cc1. The quantitative estimate of drug-likeness (QED) is 0.682. The molecule has 3 rings (SSSR count). The Morgan fingerprint density at radius 3 is 2.17 bits per heavy atom. The summed E-state index contributed by atoms with van der Waals surface area (Å²) in [4.78, 5) is 16.9. The van der Waals surface area contributed by atoms with E-state index in [1.54, 1.807) is 21.3 Å². The van der Waals surface area contributed by atoms with Crippen LogP contribution in [0.2, 0.25) is 0 Å². The van der Waals surface area contributed by atoms with Crippen LogP contribution in [-0.4, -0.2) is 58.3 Å². The number of benzene rings is 2. The summed E-state index contributed by atoms with van der Waals surface area (Å²) in [6.45, 7) is 3.24. The standard InChI is InChI=1S/C23H30N2O4/c1-27-20-10-8-19(9-11-20)24-13-15-25(16-14-24)23(26)6-4-5-18-7-12-21(28-2)22(17-18)29-3/h7-12,17H,4-6,13-16H2,1-3H3. The molecule has 29 heavy (non-hydrogen) atoms. The number of piperazine rings is 1. The summed E-state index contributed by atoms with van der Waals surface area (Å²) < 4.78 is 15.8. The molecule has 0 saturated carbocycles. The van der Waals surface area contributed by atoms with E-state index in [4.69, 9.17) is 14.2 Å². The highest BCUT2D eigenvalue weighted by Gasteiger charge is 2.21. The number of carbonyl (C=O) groups is 1. The van der Waals surface area contributed by atoms with Crippen molar-refractivity contribution in [2.24, 2.45) is 0 Å². The Morgan fingerprint density at radius 2 is 1.55 bits per heavy atom. The van der Waals surface area contributed by atoms with E-state index in [1.807, 2.05) is 35.2 Å². The average molecular weight is 399 g/mol. The second-order valence-corrected chi connectivity index (χ2v) is 7.11. The number of nitrogens with zero attached hydrogens (tertiary/aromatic N) is 2. The maximum absolute atomic E-state index is 12.6. The zero-order valence-electron chi connectivity index (χ0n) is 17.5. The van der Waals surface area contributed by atoms with Crippen molar-refractivity contribution in [1.29, 1.82) is 0 Å². The molecule has 0 N–H and O–H groups in total. The first-order valence-electron chi connectivity index (χ1n) is 10.0. The number of hydrogen-bond acceptors (Lipinski definition) is 5. The molecule has 0 atom stereocenters. The summed E-state index contributed by atoms with van der Waals surface area (Å²) in [5, 5.41) is 0. The van der Waals surface area contributed by atoms with Crippen LogP contribution in [0.25, 0.3) is 0 Å². The number of rotatable bonds is 8. The maximum atomic E-state index is 12.6. The van der Waals surface area contributed by atoms with Crippen molar-refractivity contribution in [3.8, 4) is 17.2 Å². The van der Waals surface area contributed by atoms with Crippen LogP contribution in [0.15, 0.2) is 42.5 Å². The van der Waals surface area contributed by atoms with Crippen molar-refractivity contribution in [3.63, 3.8) is 0 Å². The zero-order valence-corrected chi connectivity index (χ0v) is 17.5. The van der Waals surface area contributed by atoms with Crippen LogP contribution in [0.5, 0.6) is 17.2 Å². The van der Waals surface area contributed by atoms with E-state index in [0.29, 0.717) is 6.42 Å². The van der Waals surface area contributed by atoms with E-state index in [0.717, 1.165) is 61.8 Å². The Balaban J connectivity index is 1.44. The van der Waals surface area contributed by atoms with Crippen LogP contribution in [0.3, 0.4) is 0 Å². The lowest BCUT2D eigenvalue weighted by Crippen LogP contribution is -2.48.